The van der Waals surface area contributed by atoms with E-state index in [4.69, 9.17) is 0 Å². The molecule has 94 valence electrons. The first-order chi connectivity index (χ1) is 8.33. The van der Waals surface area contributed by atoms with Crippen molar-refractivity contribution >= 4 is 23.5 Å². The highest BCUT2D eigenvalue weighted by atomic mass is 32.2. The number of nitrogens with one attached hydrogen (secondary N) is 2. The van der Waals surface area contributed by atoms with Crippen molar-refractivity contribution in [2.45, 2.75) is 13.3 Å². The van der Waals surface area contributed by atoms with E-state index in [1.54, 1.807) is 6.20 Å². The number of amides is 1. The number of thioether (sulfide) groups is 1. The molecule has 1 amide bonds. The Morgan fingerprint density at radius 3 is 3.00 bits per heavy atom. The largest absolute Gasteiger partial charge is 0.361 e. The van der Waals surface area contributed by atoms with E-state index in [0.29, 0.717) is 0 Å². The lowest BCUT2D eigenvalue weighted by Crippen LogP contribution is -2.31. The fourth-order valence-corrected chi connectivity index (χ4v) is 1.95. The van der Waals surface area contributed by atoms with Gasteiger partial charge < -0.3 is 10.6 Å². The maximum atomic E-state index is 11.4. The molecule has 0 saturated heterocycles. The zero-order valence-corrected chi connectivity index (χ0v) is 10.9. The Morgan fingerprint density at radius 2 is 2.29 bits per heavy atom. The predicted molar refractivity (Wildman–Crippen MR) is 73.4 cm³/mol. The number of anilines is 1. The van der Waals surface area contributed by atoms with E-state index in [9.17, 15) is 4.79 Å². The molecule has 4 nitrogen and oxygen atoms in total. The number of hydrogen-bond donors (Lipinski definition) is 2. The Balaban J connectivity index is 2.05. The maximum Gasteiger partial charge on any atom is 0.239 e. The second kappa shape index (κ2) is 8.87. The summed E-state index contributed by atoms with van der Waals surface area (Å²) in [4.78, 5) is 15.5. The van der Waals surface area contributed by atoms with E-state index in [0.717, 1.165) is 23.9 Å². The number of hydrogen-bond acceptors (Lipinski definition) is 4. The molecule has 0 radical (unpaired) electrons. The van der Waals surface area contributed by atoms with Crippen LogP contribution in [0.15, 0.2) is 24.4 Å². The van der Waals surface area contributed by atoms with Gasteiger partial charge in [0.25, 0.3) is 0 Å². The van der Waals surface area contributed by atoms with E-state index < -0.39 is 0 Å². The molecule has 1 rings (SSSR count). The second-order valence-corrected chi connectivity index (χ2v) is 4.76. The highest BCUT2D eigenvalue weighted by Gasteiger charge is 2.00. The summed E-state index contributed by atoms with van der Waals surface area (Å²) in [6, 6.07) is 5.56. The Hall–Kier alpha value is -1.23. The first-order valence-corrected chi connectivity index (χ1v) is 6.97. The first-order valence-electron chi connectivity index (χ1n) is 5.82. The van der Waals surface area contributed by atoms with Crippen LogP contribution in [0.5, 0.6) is 0 Å². The summed E-state index contributed by atoms with van der Waals surface area (Å²) in [5, 5.41) is 5.83. The number of nitrogens with zero attached hydrogens (tertiary/aromatic N) is 1. The van der Waals surface area contributed by atoms with Gasteiger partial charge in [-0.1, -0.05) is 13.0 Å². The highest BCUT2D eigenvalue weighted by Crippen LogP contribution is 2.00. The van der Waals surface area contributed by atoms with Crippen LogP contribution in [0.1, 0.15) is 13.3 Å². The quantitative estimate of drug-likeness (QED) is 0.693. The third-order valence-electron chi connectivity index (χ3n) is 2.01. The number of rotatable bonds is 8. The van der Waals surface area contributed by atoms with Crippen molar-refractivity contribution in [2.24, 2.45) is 0 Å². The fraction of sp³-hybridized carbons (Fsp3) is 0.500. The van der Waals surface area contributed by atoms with Gasteiger partial charge in [0.1, 0.15) is 5.82 Å². The Kier molecular flexibility index (Phi) is 7.22. The molecular formula is C12H19N3OS. The molecule has 1 heterocycles. The summed E-state index contributed by atoms with van der Waals surface area (Å²) < 4.78 is 0. The van der Waals surface area contributed by atoms with Gasteiger partial charge in [0, 0.05) is 18.5 Å². The van der Waals surface area contributed by atoms with Crippen LogP contribution in [0.3, 0.4) is 0 Å². The Morgan fingerprint density at radius 1 is 1.41 bits per heavy atom. The van der Waals surface area contributed by atoms with Gasteiger partial charge in [-0.25, -0.2) is 4.98 Å². The molecule has 0 aromatic carbocycles. The van der Waals surface area contributed by atoms with E-state index in [1.165, 1.54) is 6.42 Å². The molecule has 5 heteroatoms. The molecule has 0 aliphatic carbocycles. The van der Waals surface area contributed by atoms with Crippen molar-refractivity contribution in [3.8, 4) is 0 Å². The predicted octanol–water partition coefficient (Wildman–Crippen LogP) is 1.75. The smallest absolute Gasteiger partial charge is 0.239 e. The maximum absolute atomic E-state index is 11.4. The van der Waals surface area contributed by atoms with E-state index in [1.807, 2.05) is 30.0 Å². The molecule has 1 aromatic rings. The normalized spacial score (nSPS) is 9.94. The highest BCUT2D eigenvalue weighted by molar-refractivity contribution is 7.99. The van der Waals surface area contributed by atoms with Gasteiger partial charge in [0.2, 0.25) is 5.91 Å². The van der Waals surface area contributed by atoms with Crippen LogP contribution in [0.25, 0.3) is 0 Å². The van der Waals surface area contributed by atoms with Crippen LogP contribution in [0.2, 0.25) is 0 Å². The van der Waals surface area contributed by atoms with Crippen molar-refractivity contribution in [1.82, 2.24) is 10.3 Å². The molecule has 0 unspecified atom stereocenters. The molecule has 0 atom stereocenters. The molecular weight excluding hydrogens is 234 g/mol. The van der Waals surface area contributed by atoms with E-state index >= 15 is 0 Å². The molecule has 0 aliphatic heterocycles. The molecule has 17 heavy (non-hydrogen) atoms. The summed E-state index contributed by atoms with van der Waals surface area (Å²) in [7, 11) is 0. The number of carbonyl (C=O) groups excluding carboxylic acids is 1. The van der Waals surface area contributed by atoms with Gasteiger partial charge in [-0.2, -0.15) is 11.8 Å². The molecule has 0 aliphatic rings. The molecule has 1 aromatic heterocycles. The van der Waals surface area contributed by atoms with Gasteiger partial charge in [0.15, 0.2) is 0 Å². The zero-order chi connectivity index (χ0) is 12.3. The lowest BCUT2D eigenvalue weighted by molar-refractivity contribution is -0.119. The number of aromatic nitrogens is 1. The van der Waals surface area contributed by atoms with Gasteiger partial charge in [-0.15, -0.1) is 0 Å². The standard InChI is InChI=1S/C12H19N3OS/c1-2-8-17-9-7-14-12(16)10-15-11-5-3-4-6-13-11/h3-6H,2,7-10H2,1H3,(H,13,15)(H,14,16). The van der Waals surface area contributed by atoms with Crippen LogP contribution < -0.4 is 10.6 Å². The molecule has 0 saturated carbocycles. The fourth-order valence-electron chi connectivity index (χ4n) is 1.21. The van der Waals surface area contributed by atoms with Crippen LogP contribution >= 0.6 is 11.8 Å². The lowest BCUT2D eigenvalue weighted by atomic mass is 10.4. The average Bonchev–Trinajstić information content (AvgIpc) is 2.37. The van der Waals surface area contributed by atoms with Gasteiger partial charge in [-0.3, -0.25) is 4.79 Å². The first kappa shape index (κ1) is 13.8. The van der Waals surface area contributed by atoms with Crippen molar-refractivity contribution in [3.05, 3.63) is 24.4 Å². The van der Waals surface area contributed by atoms with Crippen LogP contribution in [0, 0.1) is 0 Å². The van der Waals surface area contributed by atoms with Gasteiger partial charge in [-0.05, 0) is 24.3 Å². The summed E-state index contributed by atoms with van der Waals surface area (Å²) in [5.74, 6) is 2.86. The lowest BCUT2D eigenvalue weighted by Gasteiger charge is -2.06. The molecule has 0 bridgehead atoms. The SMILES string of the molecule is CCCSCCNC(=O)CNc1ccccn1. The zero-order valence-electron chi connectivity index (χ0n) is 10.1. The molecule has 2 N–H and O–H groups in total. The van der Waals surface area contributed by atoms with E-state index in [-0.39, 0.29) is 12.5 Å². The summed E-state index contributed by atoms with van der Waals surface area (Å²) in [6.45, 7) is 3.16. The van der Waals surface area contributed by atoms with Gasteiger partial charge >= 0.3 is 0 Å². The van der Waals surface area contributed by atoms with Crippen LogP contribution in [0.4, 0.5) is 5.82 Å². The van der Waals surface area contributed by atoms with Crippen molar-refractivity contribution in [2.75, 3.05) is 29.9 Å². The van der Waals surface area contributed by atoms with E-state index in [2.05, 4.69) is 22.5 Å². The summed E-state index contributed by atoms with van der Waals surface area (Å²) in [5.41, 5.74) is 0. The Labute approximate surface area is 107 Å². The van der Waals surface area contributed by atoms with Crippen molar-refractivity contribution in [1.29, 1.82) is 0 Å². The second-order valence-electron chi connectivity index (χ2n) is 3.53. The van der Waals surface area contributed by atoms with Crippen LogP contribution in [-0.2, 0) is 4.79 Å². The minimum absolute atomic E-state index is 0.00718. The summed E-state index contributed by atoms with van der Waals surface area (Å²) >= 11 is 1.86. The average molecular weight is 253 g/mol. The molecule has 0 fully saturated rings. The van der Waals surface area contributed by atoms with Crippen molar-refractivity contribution in [3.63, 3.8) is 0 Å². The van der Waals surface area contributed by atoms with Crippen LogP contribution in [-0.4, -0.2) is 35.5 Å². The molecule has 0 spiro atoms. The summed E-state index contributed by atoms with van der Waals surface area (Å²) in [6.07, 6.45) is 2.88. The topological polar surface area (TPSA) is 54.0 Å². The third-order valence-corrected chi connectivity index (χ3v) is 3.20. The monoisotopic (exact) mass is 253 g/mol. The number of pyridine rings is 1. The van der Waals surface area contributed by atoms with Crippen molar-refractivity contribution < 1.29 is 4.79 Å². The third kappa shape index (κ3) is 6.84. The number of carbonyl (C=O) groups is 1. The minimum Gasteiger partial charge on any atom is -0.361 e. The minimum atomic E-state index is 0.00718. The van der Waals surface area contributed by atoms with Gasteiger partial charge in [0.05, 0.1) is 6.54 Å². The Bertz CT molecular complexity index is 319.